The maximum absolute atomic E-state index is 13.5. The van der Waals surface area contributed by atoms with Gasteiger partial charge in [-0.25, -0.2) is 14.3 Å². The molecule has 1 aliphatic carbocycles. The first-order valence-corrected chi connectivity index (χ1v) is 21.1. The number of aryl methyl sites for hydroxylation is 1. The first kappa shape index (κ1) is 39.6. The second-order valence-corrected chi connectivity index (χ2v) is 16.8. The number of hydrogen-bond acceptors (Lipinski definition) is 12. The van der Waals surface area contributed by atoms with Gasteiger partial charge in [0.2, 0.25) is 11.8 Å². The molecule has 4 N–H and O–H groups in total. The number of amides is 3. The number of ether oxygens (including phenoxy) is 1. The molecule has 60 heavy (non-hydrogen) atoms. The number of imide groups is 1. The van der Waals surface area contributed by atoms with E-state index in [4.69, 9.17) is 20.4 Å². The van der Waals surface area contributed by atoms with Crippen molar-refractivity contribution in [3.05, 3.63) is 69.7 Å². The molecule has 5 fully saturated rings. The van der Waals surface area contributed by atoms with E-state index in [-0.39, 0.29) is 36.1 Å². The van der Waals surface area contributed by atoms with Crippen LogP contribution in [-0.2, 0) is 21.4 Å². The Morgan fingerprint density at radius 3 is 2.62 bits per heavy atom. The number of morpholine rings is 1. The number of rotatable bonds is 9. The Morgan fingerprint density at radius 1 is 1.08 bits per heavy atom. The van der Waals surface area contributed by atoms with E-state index in [0.29, 0.717) is 65.2 Å². The van der Waals surface area contributed by atoms with Gasteiger partial charge in [0, 0.05) is 70.8 Å². The molecule has 3 amide bonds. The van der Waals surface area contributed by atoms with Crippen molar-refractivity contribution in [2.24, 2.45) is 23.7 Å². The SMILES string of the molecule is C/C(N)=C(/C=NC1CCC(CN2CCN(CC#Cc3cccc4c3n(C)c(=O)n4C3CCC(=O)NC3=O)CC2)CC1)NC(=O)c1cnn2ccc(N3C[C@H]4C[C@@H]3CO4)nc12. The van der Waals surface area contributed by atoms with Crippen LogP contribution in [0.4, 0.5) is 5.82 Å². The second-order valence-electron chi connectivity index (χ2n) is 16.8. The van der Waals surface area contributed by atoms with Crippen LogP contribution < -0.4 is 27.0 Å². The van der Waals surface area contributed by atoms with Gasteiger partial charge >= 0.3 is 5.69 Å². The molecule has 1 unspecified atom stereocenters. The lowest BCUT2D eigenvalue weighted by molar-refractivity contribution is -0.135. The number of carbonyl (C=O) groups excluding carboxylic acids is 3. The zero-order chi connectivity index (χ0) is 41.5. The second kappa shape index (κ2) is 16.7. The first-order valence-electron chi connectivity index (χ1n) is 21.1. The summed E-state index contributed by atoms with van der Waals surface area (Å²) in [5.41, 5.74) is 9.84. The summed E-state index contributed by atoms with van der Waals surface area (Å²) < 4.78 is 10.4. The van der Waals surface area contributed by atoms with Gasteiger partial charge in [-0.1, -0.05) is 17.9 Å². The highest BCUT2D eigenvalue weighted by atomic mass is 16.5. The van der Waals surface area contributed by atoms with Gasteiger partial charge in [-0.15, -0.1) is 0 Å². The number of anilines is 1. The highest BCUT2D eigenvalue weighted by Crippen LogP contribution is 2.32. The third-order valence-electron chi connectivity index (χ3n) is 12.8. The number of hydrogen-bond donors (Lipinski definition) is 3. The summed E-state index contributed by atoms with van der Waals surface area (Å²) in [7, 11) is 1.70. The monoisotopic (exact) mass is 816 g/mol. The predicted molar refractivity (Wildman–Crippen MR) is 225 cm³/mol. The number of nitrogens with zero attached hydrogens (tertiary/aromatic N) is 9. The standard InChI is InChI=1S/C43H52N12O5/c1-27(44)34(47-41(57)33-22-46-54-16-14-37(48-40(33)54)53-25-32-21-31(53)26-60-32)23-45-30-10-8-28(9-11-30)24-52-19-17-51(18-20-52)15-4-6-29-5-3-7-35-39(29)50(2)43(59)55(35)36-12-13-38(56)49-42(36)58/h3,5,7,14,16,22-23,28,30-32,36H,8-13,15,17-21,24-26,44H2,1-2H3,(H,47,57)(H,49,56,58)/b34-27+,45-23?/t28?,30?,31-,32-,36?/m1/s1. The molecule has 0 spiro atoms. The number of imidazole rings is 1. The van der Waals surface area contributed by atoms with E-state index in [1.165, 1.54) is 4.57 Å². The van der Waals surface area contributed by atoms with Gasteiger partial charge in [0.05, 0.1) is 59.8 Å². The molecule has 3 aromatic heterocycles. The summed E-state index contributed by atoms with van der Waals surface area (Å²) in [5.74, 6) is 6.98. The molecule has 4 aromatic rings. The Bertz CT molecular complexity index is 2500. The van der Waals surface area contributed by atoms with Crippen LogP contribution in [0.25, 0.3) is 16.7 Å². The number of aromatic nitrogens is 5. The van der Waals surface area contributed by atoms with Gasteiger partial charge in [-0.3, -0.25) is 38.7 Å². The van der Waals surface area contributed by atoms with Crippen molar-refractivity contribution in [2.45, 2.75) is 76.1 Å². The number of piperazine rings is 1. The van der Waals surface area contributed by atoms with Gasteiger partial charge in [-0.05, 0) is 69.6 Å². The van der Waals surface area contributed by atoms with E-state index >= 15 is 0 Å². The van der Waals surface area contributed by atoms with Crippen LogP contribution in [-0.4, -0.2) is 128 Å². The number of aliphatic imine (C=N–C) groups is 1. The quantitative estimate of drug-likeness (QED) is 0.126. The lowest BCUT2D eigenvalue weighted by atomic mass is 9.86. The summed E-state index contributed by atoms with van der Waals surface area (Å²) in [5, 5.41) is 9.69. The lowest BCUT2D eigenvalue weighted by Gasteiger charge is -2.37. The van der Waals surface area contributed by atoms with Crippen molar-refractivity contribution in [3.8, 4) is 11.8 Å². The average Bonchev–Trinajstić information content (AvgIpc) is 4.05. The molecule has 17 heteroatoms. The summed E-state index contributed by atoms with van der Waals surface area (Å²) in [6.07, 6.45) is 11.0. The van der Waals surface area contributed by atoms with Gasteiger partial charge in [0.15, 0.2) is 5.65 Å². The van der Waals surface area contributed by atoms with E-state index in [0.717, 1.165) is 82.8 Å². The Labute approximate surface area is 347 Å². The van der Waals surface area contributed by atoms with Crippen LogP contribution in [0.2, 0.25) is 0 Å². The molecule has 17 nitrogen and oxygen atoms in total. The fourth-order valence-electron chi connectivity index (χ4n) is 9.45. The fourth-order valence-corrected chi connectivity index (χ4v) is 9.45. The molecule has 1 saturated carbocycles. The molecule has 1 aromatic carbocycles. The van der Waals surface area contributed by atoms with Crippen molar-refractivity contribution in [2.75, 3.05) is 57.3 Å². The summed E-state index contributed by atoms with van der Waals surface area (Å²) in [6, 6.07) is 7.28. The molecular weight excluding hydrogens is 765 g/mol. The molecule has 7 heterocycles. The number of piperidine rings is 1. The average molecular weight is 817 g/mol. The zero-order valence-electron chi connectivity index (χ0n) is 34.2. The van der Waals surface area contributed by atoms with Crippen LogP contribution in [0.1, 0.15) is 73.8 Å². The van der Waals surface area contributed by atoms with Crippen LogP contribution in [0.15, 0.2) is 57.8 Å². The largest absolute Gasteiger partial charge is 0.401 e. The van der Waals surface area contributed by atoms with E-state index in [1.807, 2.05) is 30.5 Å². The maximum atomic E-state index is 13.5. The first-order chi connectivity index (χ1) is 29.1. The third-order valence-corrected chi connectivity index (χ3v) is 12.8. The zero-order valence-corrected chi connectivity index (χ0v) is 34.2. The topological polar surface area (TPSA) is 190 Å². The van der Waals surface area contributed by atoms with Crippen LogP contribution >= 0.6 is 0 Å². The normalized spacial score (nSPS) is 25.5. The fraction of sp³-hybridized carbons (Fsp3) is 0.512. The lowest BCUT2D eigenvalue weighted by Crippen LogP contribution is -2.48. The third kappa shape index (κ3) is 7.94. The van der Waals surface area contributed by atoms with Crippen molar-refractivity contribution in [1.29, 1.82) is 0 Å². The molecule has 0 radical (unpaired) electrons. The summed E-state index contributed by atoms with van der Waals surface area (Å²) >= 11 is 0. The van der Waals surface area contributed by atoms with Gasteiger partial charge in [-0.2, -0.15) is 5.10 Å². The van der Waals surface area contributed by atoms with Crippen molar-refractivity contribution < 1.29 is 19.1 Å². The minimum atomic E-state index is -0.727. The van der Waals surface area contributed by atoms with Crippen molar-refractivity contribution in [3.63, 3.8) is 0 Å². The summed E-state index contributed by atoms with van der Waals surface area (Å²) in [6.45, 7) is 8.80. The number of nitrogens with two attached hydrogens (primary N) is 1. The number of allylic oxidation sites excluding steroid dienone is 2. The minimum absolute atomic E-state index is 0.174. The predicted octanol–water partition coefficient (Wildman–Crippen LogP) is 1.56. The van der Waals surface area contributed by atoms with E-state index in [1.54, 1.807) is 35.5 Å². The smallest absolute Gasteiger partial charge is 0.329 e. The van der Waals surface area contributed by atoms with Gasteiger partial charge in [0.1, 0.15) is 17.4 Å². The Kier molecular flexibility index (Phi) is 11.0. The van der Waals surface area contributed by atoms with Crippen LogP contribution in [0.3, 0.4) is 0 Å². The van der Waals surface area contributed by atoms with E-state index < -0.39 is 11.9 Å². The molecule has 9 rings (SSSR count). The maximum Gasteiger partial charge on any atom is 0.329 e. The number of para-hydroxylation sites is 1. The number of benzene rings is 1. The van der Waals surface area contributed by atoms with Gasteiger partial charge < -0.3 is 25.6 Å². The molecule has 314 valence electrons. The molecule has 4 saturated heterocycles. The number of carbonyl (C=O) groups is 3. The van der Waals surface area contributed by atoms with E-state index in [9.17, 15) is 19.2 Å². The molecular formula is C43H52N12O5. The highest BCUT2D eigenvalue weighted by molar-refractivity contribution is 6.03. The van der Waals surface area contributed by atoms with Crippen molar-refractivity contribution in [1.82, 2.24) is 44.2 Å². The highest BCUT2D eigenvalue weighted by Gasteiger charge is 2.40. The van der Waals surface area contributed by atoms with Crippen LogP contribution in [0.5, 0.6) is 0 Å². The van der Waals surface area contributed by atoms with Crippen LogP contribution in [0, 0.1) is 17.8 Å². The Balaban J connectivity index is 0.737. The molecule has 5 aliphatic rings. The Morgan fingerprint density at radius 2 is 1.88 bits per heavy atom. The number of fused-ring (bicyclic) bond motifs is 4. The minimum Gasteiger partial charge on any atom is -0.401 e. The van der Waals surface area contributed by atoms with E-state index in [2.05, 4.69) is 42.3 Å². The molecule has 3 atom stereocenters. The summed E-state index contributed by atoms with van der Waals surface area (Å²) in [4.78, 5) is 68.0. The van der Waals surface area contributed by atoms with Crippen molar-refractivity contribution >= 4 is 46.4 Å². The number of nitrogens with one attached hydrogen (secondary N) is 2. The Hall–Kier alpha value is -5.83. The van der Waals surface area contributed by atoms with Gasteiger partial charge in [0.25, 0.3) is 5.91 Å². The molecule has 4 aliphatic heterocycles. The molecule has 2 bridgehead atoms.